The molecule has 0 saturated heterocycles. The van der Waals surface area contributed by atoms with Crippen molar-refractivity contribution in [2.24, 2.45) is 0 Å². The molecule has 0 aliphatic carbocycles. The molecular weight excluding hydrogens is 627 g/mol. The molecule has 5 heteroatoms. The molecule has 0 saturated carbocycles. The third-order valence-corrected chi connectivity index (χ3v) is 6.70. The summed E-state index contributed by atoms with van der Waals surface area (Å²) in [5, 5.41) is 20.5. The third-order valence-electron chi connectivity index (χ3n) is 6.70. The van der Waals surface area contributed by atoms with Crippen LogP contribution in [-0.2, 0) is 4.79 Å². The third kappa shape index (κ3) is 45.9. The van der Waals surface area contributed by atoms with Crippen molar-refractivity contribution in [1.82, 2.24) is 0 Å². The topological polar surface area (TPSA) is 80.3 Å². The van der Waals surface area contributed by atoms with Gasteiger partial charge in [-0.25, -0.2) is 0 Å². The Labute approximate surface area is 279 Å². The van der Waals surface area contributed by atoms with Gasteiger partial charge in [0.15, 0.2) is 0 Å². The normalized spacial score (nSPS) is 9.67. The van der Waals surface area contributed by atoms with Gasteiger partial charge in [0.1, 0.15) is 0 Å². The van der Waals surface area contributed by atoms with Crippen LogP contribution < -0.4 is 10.2 Å². The molecule has 0 amide bonds. The number of benzene rings is 1. The molecule has 0 heterocycles. The molecule has 0 aliphatic rings. The van der Waals surface area contributed by atoms with Gasteiger partial charge in [0.25, 0.3) is 0 Å². The fourth-order valence-electron chi connectivity index (χ4n) is 3.94. The molecule has 0 atom stereocenters. The van der Waals surface area contributed by atoms with E-state index in [1.807, 2.05) is 13.0 Å². The van der Waals surface area contributed by atoms with Gasteiger partial charge in [0, 0.05) is 5.97 Å². The molecule has 1 rings (SSSR count). The molecule has 0 aliphatic heterocycles. The summed E-state index contributed by atoms with van der Waals surface area (Å²) in [4.78, 5) is 20.5. The van der Waals surface area contributed by atoms with Crippen LogP contribution in [0.5, 0.6) is 0 Å². The van der Waals surface area contributed by atoms with E-state index in [-0.39, 0.29) is 35.9 Å². The maximum Gasteiger partial charge on any atom is 2.00 e. The Hall–Kier alpha value is -1.04. The van der Waals surface area contributed by atoms with Crippen molar-refractivity contribution in [3.8, 4) is 0 Å². The average Bonchev–Trinajstić information content (AvgIpc) is 2.97. The molecule has 0 bridgehead atoms. The van der Waals surface area contributed by atoms with Gasteiger partial charge in [-0.3, -0.25) is 0 Å². The second kappa shape index (κ2) is 42.1. The number of carboxylic acids is 2. The minimum atomic E-state index is -1.12. The van der Waals surface area contributed by atoms with Crippen molar-refractivity contribution in [3.05, 3.63) is 49.2 Å². The van der Waals surface area contributed by atoms with Crippen LogP contribution >= 0.6 is 0 Å². The first-order valence-corrected chi connectivity index (χ1v) is 16.9. The molecule has 42 heavy (non-hydrogen) atoms. The van der Waals surface area contributed by atoms with Crippen molar-refractivity contribution in [2.75, 3.05) is 0 Å². The molecule has 0 unspecified atom stereocenters. The molecule has 0 aromatic heterocycles. The van der Waals surface area contributed by atoms with Crippen molar-refractivity contribution in [1.29, 1.82) is 0 Å². The first-order chi connectivity index (χ1) is 19.8. The van der Waals surface area contributed by atoms with E-state index < -0.39 is 11.9 Å². The number of carboxylic acid groups (broad SMARTS) is 2. The van der Waals surface area contributed by atoms with Gasteiger partial charge >= 0.3 is 23.9 Å². The van der Waals surface area contributed by atoms with E-state index in [1.54, 1.807) is 12.1 Å². The minimum absolute atomic E-state index is 0. The molecule has 242 valence electrons. The summed E-state index contributed by atoms with van der Waals surface area (Å²) in [7, 11) is 0. The quantitative estimate of drug-likeness (QED) is 0.0896. The van der Waals surface area contributed by atoms with Crippen LogP contribution in [0.25, 0.3) is 0 Å². The van der Waals surface area contributed by atoms with Crippen LogP contribution in [0.1, 0.15) is 184 Å². The Morgan fingerprint density at radius 1 is 0.595 bits per heavy atom. The molecular formula is C37H66O4Sn. The van der Waals surface area contributed by atoms with Gasteiger partial charge in [-0.1, -0.05) is 199 Å². The monoisotopic (exact) mass is 694 g/mol. The zero-order valence-electron chi connectivity index (χ0n) is 28.1. The SMILES string of the molecule is CCCCCCCCCCCCCCCCCCCCC(=O)[O-].Cc1cccc(C(=O)[O-])c1.[CH2]CCC.[CH2]CCC.[Sn+2]. The number of rotatable bonds is 22. The zero-order valence-corrected chi connectivity index (χ0v) is 31.0. The standard InChI is InChI=1S/C21H42O2.C8H8O2.2C4H9.Sn/c1-2-3-4-5-6-7-8-9-10-11-12-13-14-15-16-17-18-19-20-21(22)23;1-6-3-2-4-7(5-6)8(9)10;2*1-3-4-2;/h2-20H2,1H3,(H,22,23);2-5H,1H3,(H,9,10);2*1,3-4H2,2H3;/q;;;;+2/p-2. The fraction of sp³-hybridized carbons (Fsp3) is 0.730. The van der Waals surface area contributed by atoms with Crippen LogP contribution in [-0.4, -0.2) is 35.8 Å². The zero-order chi connectivity index (χ0) is 31.4. The van der Waals surface area contributed by atoms with Gasteiger partial charge in [-0.2, -0.15) is 0 Å². The van der Waals surface area contributed by atoms with E-state index in [1.165, 1.54) is 122 Å². The predicted molar refractivity (Wildman–Crippen MR) is 180 cm³/mol. The summed E-state index contributed by atoms with van der Waals surface area (Å²) in [6.07, 6.45) is 28.8. The van der Waals surface area contributed by atoms with Crippen LogP contribution in [0, 0.1) is 20.8 Å². The second-order valence-corrected chi connectivity index (χ2v) is 11.0. The summed E-state index contributed by atoms with van der Waals surface area (Å²) in [5.74, 6) is -2.02. The number of aromatic carboxylic acids is 1. The van der Waals surface area contributed by atoms with Crippen molar-refractivity contribution in [3.63, 3.8) is 0 Å². The predicted octanol–water partition coefficient (Wildman–Crippen LogP) is 9.39. The average molecular weight is 694 g/mol. The van der Waals surface area contributed by atoms with E-state index in [0.717, 1.165) is 31.2 Å². The largest absolute Gasteiger partial charge is 2.00 e. The van der Waals surface area contributed by atoms with Gasteiger partial charge in [0.05, 0.1) is 5.97 Å². The number of aryl methyl sites for hydroxylation is 1. The molecule has 0 spiro atoms. The van der Waals surface area contributed by atoms with E-state index in [0.29, 0.717) is 0 Å². The first-order valence-electron chi connectivity index (χ1n) is 16.9. The van der Waals surface area contributed by atoms with Gasteiger partial charge in [0.2, 0.25) is 0 Å². The number of hydrogen-bond acceptors (Lipinski definition) is 4. The Morgan fingerprint density at radius 3 is 1.17 bits per heavy atom. The molecule has 1 aromatic carbocycles. The Balaban J connectivity index is -0.000000309. The van der Waals surface area contributed by atoms with Crippen molar-refractivity contribution < 1.29 is 19.8 Å². The molecule has 0 N–H and O–H groups in total. The summed E-state index contributed by atoms with van der Waals surface area (Å²) in [5.41, 5.74) is 1.17. The minimum Gasteiger partial charge on any atom is -0.550 e. The van der Waals surface area contributed by atoms with Crippen molar-refractivity contribution in [2.45, 2.75) is 175 Å². The van der Waals surface area contributed by atoms with E-state index in [2.05, 4.69) is 34.6 Å². The summed E-state index contributed by atoms with van der Waals surface area (Å²) >= 11 is 0. The maximum atomic E-state index is 10.3. The van der Waals surface area contributed by atoms with Crippen LogP contribution in [0.15, 0.2) is 24.3 Å². The van der Waals surface area contributed by atoms with E-state index in [9.17, 15) is 19.8 Å². The first kappa shape index (κ1) is 47.9. The van der Waals surface area contributed by atoms with Crippen LogP contribution in [0.2, 0.25) is 0 Å². The Bertz CT molecular complexity index is 655. The number of hydrogen-bond donors (Lipinski definition) is 0. The molecule has 4 nitrogen and oxygen atoms in total. The summed E-state index contributed by atoms with van der Waals surface area (Å²) in [6.45, 7) is 15.6. The van der Waals surface area contributed by atoms with Crippen LogP contribution in [0.3, 0.4) is 0 Å². The molecule has 4 radical (unpaired) electrons. The summed E-state index contributed by atoms with van der Waals surface area (Å²) < 4.78 is 0. The fourth-order valence-corrected chi connectivity index (χ4v) is 3.94. The smallest absolute Gasteiger partial charge is 0.550 e. The van der Waals surface area contributed by atoms with Gasteiger partial charge < -0.3 is 19.8 Å². The second-order valence-electron chi connectivity index (χ2n) is 11.0. The number of aliphatic carboxylic acids is 1. The Morgan fingerprint density at radius 2 is 0.929 bits per heavy atom. The number of carbonyl (C=O) groups is 2. The van der Waals surface area contributed by atoms with Crippen molar-refractivity contribution >= 4 is 35.8 Å². The van der Waals surface area contributed by atoms with Crippen LogP contribution in [0.4, 0.5) is 0 Å². The number of unbranched alkanes of at least 4 members (excludes halogenated alkanes) is 19. The van der Waals surface area contributed by atoms with Gasteiger partial charge in [-0.15, -0.1) is 0 Å². The molecule has 0 fully saturated rings. The van der Waals surface area contributed by atoms with E-state index >= 15 is 0 Å². The van der Waals surface area contributed by atoms with Gasteiger partial charge in [-0.05, 0) is 25.3 Å². The number of carbonyl (C=O) groups excluding carboxylic acids is 2. The van der Waals surface area contributed by atoms with E-state index in [4.69, 9.17) is 0 Å². The Kier molecular flexibility index (Phi) is 48.0. The summed E-state index contributed by atoms with van der Waals surface area (Å²) in [6, 6.07) is 6.63. The maximum absolute atomic E-state index is 10.3. The molecule has 1 aromatic rings.